The van der Waals surface area contributed by atoms with Crippen molar-refractivity contribution in [1.29, 1.82) is 0 Å². The standard InChI is InChI=1S/C55H94O15/c1-3-5-7-9-11-13-15-17-19-21-23-25-27-29-31-33-35-37-46(57)65-40-43(68-47(58)38-36-34-32-30-28-26-24-22-20-18-16-14-12-10-8-6-4-2)41-66-54-53(64)51(62)49(60)45(70-54)42-67-55-52(63)50(61)48(59)44(39-56)69-55/h6,8,12,14,18,20,24,26,30,32,43-45,48-56,59-64H,3-5,7,9-11,13,15-17,19,21-23,25,27-29,31,33-42H2,1-2H3/b8-6+,14-12+,20-18+,26-24+,32-30+/t43-,44+,45+,48-,49-,50?,51?,52?,53?,54+,55+/m0/s1. The Morgan fingerprint density at radius 3 is 1.40 bits per heavy atom. The molecule has 15 nitrogen and oxygen atoms in total. The monoisotopic (exact) mass is 995 g/mol. The molecule has 0 aromatic heterocycles. The molecule has 2 fully saturated rings. The number of allylic oxidation sites excluding steroid dienone is 10. The first-order chi connectivity index (χ1) is 34.0. The van der Waals surface area contributed by atoms with Crippen molar-refractivity contribution < 1.29 is 73.8 Å². The zero-order chi connectivity index (χ0) is 51.0. The number of aliphatic hydroxyl groups is 7. The number of ether oxygens (including phenoxy) is 6. The molecule has 0 bridgehead atoms. The van der Waals surface area contributed by atoms with Crippen LogP contribution in [0.15, 0.2) is 60.8 Å². The average Bonchev–Trinajstić information content (AvgIpc) is 3.35. The van der Waals surface area contributed by atoms with E-state index in [4.69, 9.17) is 28.4 Å². The van der Waals surface area contributed by atoms with Crippen molar-refractivity contribution >= 4 is 11.9 Å². The van der Waals surface area contributed by atoms with E-state index >= 15 is 0 Å². The summed E-state index contributed by atoms with van der Waals surface area (Å²) in [6.45, 7) is 2.43. The molecule has 70 heavy (non-hydrogen) atoms. The molecule has 0 aliphatic carbocycles. The molecular formula is C55H94O15. The maximum absolute atomic E-state index is 13.0. The van der Waals surface area contributed by atoms with Crippen molar-refractivity contribution in [3.63, 3.8) is 0 Å². The first-order valence-electron chi connectivity index (χ1n) is 26.9. The van der Waals surface area contributed by atoms with Crippen molar-refractivity contribution in [2.45, 2.75) is 248 Å². The van der Waals surface area contributed by atoms with E-state index in [0.29, 0.717) is 19.3 Å². The van der Waals surface area contributed by atoms with E-state index in [-0.39, 0.29) is 19.4 Å². The van der Waals surface area contributed by atoms with E-state index in [0.717, 1.165) is 51.4 Å². The Balaban J connectivity index is 1.82. The summed E-state index contributed by atoms with van der Waals surface area (Å²) < 4.78 is 33.5. The van der Waals surface area contributed by atoms with Crippen LogP contribution in [0.25, 0.3) is 0 Å². The predicted octanol–water partition coefficient (Wildman–Crippen LogP) is 8.05. The maximum Gasteiger partial charge on any atom is 0.306 e. The molecule has 11 atom stereocenters. The number of carbonyl (C=O) groups excluding carboxylic acids is 2. The van der Waals surface area contributed by atoms with Crippen LogP contribution in [0.1, 0.15) is 181 Å². The molecule has 2 rings (SSSR count). The van der Waals surface area contributed by atoms with E-state index in [1.54, 1.807) is 0 Å². The molecule has 404 valence electrons. The Labute approximate surface area is 420 Å². The number of hydrogen-bond acceptors (Lipinski definition) is 15. The van der Waals surface area contributed by atoms with E-state index < -0.39 is 99.3 Å². The Morgan fingerprint density at radius 1 is 0.471 bits per heavy atom. The zero-order valence-electron chi connectivity index (χ0n) is 42.7. The number of esters is 2. The van der Waals surface area contributed by atoms with E-state index in [9.17, 15) is 45.3 Å². The minimum atomic E-state index is -1.78. The highest BCUT2D eigenvalue weighted by atomic mass is 16.7. The van der Waals surface area contributed by atoms with Crippen LogP contribution in [0.2, 0.25) is 0 Å². The molecule has 2 aliphatic heterocycles. The topological polar surface area (TPSA) is 231 Å². The summed E-state index contributed by atoms with van der Waals surface area (Å²) in [6.07, 6.45) is 31.1. The van der Waals surface area contributed by atoms with Crippen LogP contribution in [0.3, 0.4) is 0 Å². The zero-order valence-corrected chi connectivity index (χ0v) is 42.7. The second-order valence-corrected chi connectivity index (χ2v) is 18.7. The highest BCUT2D eigenvalue weighted by Gasteiger charge is 2.47. The molecule has 15 heteroatoms. The Bertz CT molecular complexity index is 1450. The average molecular weight is 995 g/mol. The van der Waals surface area contributed by atoms with Crippen LogP contribution >= 0.6 is 0 Å². The summed E-state index contributed by atoms with van der Waals surface area (Å²) in [4.78, 5) is 25.8. The molecule has 0 aromatic carbocycles. The molecule has 2 saturated heterocycles. The summed E-state index contributed by atoms with van der Waals surface area (Å²) in [5.74, 6) is -0.991. The molecule has 0 spiro atoms. The number of rotatable bonds is 41. The summed E-state index contributed by atoms with van der Waals surface area (Å²) in [5.41, 5.74) is 0. The fraction of sp³-hybridized carbons (Fsp3) is 0.782. The van der Waals surface area contributed by atoms with Crippen molar-refractivity contribution in [1.82, 2.24) is 0 Å². The third kappa shape index (κ3) is 29.0. The highest BCUT2D eigenvalue weighted by molar-refractivity contribution is 5.70. The third-order valence-electron chi connectivity index (χ3n) is 12.5. The van der Waals surface area contributed by atoms with Gasteiger partial charge >= 0.3 is 11.9 Å². The third-order valence-corrected chi connectivity index (χ3v) is 12.5. The van der Waals surface area contributed by atoms with E-state index in [2.05, 4.69) is 62.5 Å². The van der Waals surface area contributed by atoms with Crippen molar-refractivity contribution in [3.8, 4) is 0 Å². The molecule has 2 heterocycles. The van der Waals surface area contributed by atoms with Gasteiger partial charge in [0.2, 0.25) is 0 Å². The first-order valence-corrected chi connectivity index (χ1v) is 26.9. The minimum absolute atomic E-state index is 0.0861. The van der Waals surface area contributed by atoms with Gasteiger partial charge in [-0.25, -0.2) is 0 Å². The fourth-order valence-corrected chi connectivity index (χ4v) is 8.13. The molecule has 0 aromatic rings. The maximum atomic E-state index is 13.0. The van der Waals surface area contributed by atoms with Crippen LogP contribution in [0.5, 0.6) is 0 Å². The quantitative estimate of drug-likeness (QED) is 0.0175. The van der Waals surface area contributed by atoms with Gasteiger partial charge in [0.25, 0.3) is 0 Å². The van der Waals surface area contributed by atoms with Crippen LogP contribution in [0.4, 0.5) is 0 Å². The summed E-state index contributed by atoms with van der Waals surface area (Å²) in [7, 11) is 0. The predicted molar refractivity (Wildman–Crippen MR) is 270 cm³/mol. The Kier molecular flexibility index (Phi) is 37.7. The van der Waals surface area contributed by atoms with Gasteiger partial charge in [-0.15, -0.1) is 0 Å². The van der Waals surface area contributed by atoms with Gasteiger partial charge < -0.3 is 64.2 Å². The minimum Gasteiger partial charge on any atom is -0.462 e. The van der Waals surface area contributed by atoms with Gasteiger partial charge in [0, 0.05) is 12.8 Å². The lowest BCUT2D eigenvalue weighted by molar-refractivity contribution is -0.332. The van der Waals surface area contributed by atoms with Gasteiger partial charge in [0.1, 0.15) is 55.4 Å². The van der Waals surface area contributed by atoms with Crippen LogP contribution in [-0.4, -0.2) is 142 Å². The lowest BCUT2D eigenvalue weighted by atomic mass is 9.98. The van der Waals surface area contributed by atoms with Crippen molar-refractivity contribution in [2.24, 2.45) is 0 Å². The summed E-state index contributed by atoms with van der Waals surface area (Å²) in [6, 6.07) is 0. The normalized spacial score (nSPS) is 25.8. The lowest BCUT2D eigenvalue weighted by Crippen LogP contribution is -2.61. The second kappa shape index (κ2) is 41.6. The molecule has 4 unspecified atom stereocenters. The van der Waals surface area contributed by atoms with Crippen molar-refractivity contribution in [2.75, 3.05) is 26.4 Å². The molecule has 7 N–H and O–H groups in total. The van der Waals surface area contributed by atoms with Crippen LogP contribution in [-0.2, 0) is 38.0 Å². The van der Waals surface area contributed by atoms with Gasteiger partial charge in [0.05, 0.1) is 19.8 Å². The van der Waals surface area contributed by atoms with Gasteiger partial charge in [-0.2, -0.15) is 0 Å². The molecule has 2 aliphatic rings. The largest absolute Gasteiger partial charge is 0.462 e. The van der Waals surface area contributed by atoms with Gasteiger partial charge in [-0.1, -0.05) is 177 Å². The lowest BCUT2D eigenvalue weighted by Gasteiger charge is -2.42. The molecule has 0 radical (unpaired) electrons. The molecular weight excluding hydrogens is 901 g/mol. The second-order valence-electron chi connectivity index (χ2n) is 18.7. The number of unbranched alkanes of at least 4 members (excludes halogenated alkanes) is 17. The van der Waals surface area contributed by atoms with E-state index in [1.165, 1.54) is 83.5 Å². The highest BCUT2D eigenvalue weighted by Crippen LogP contribution is 2.26. The Hall–Kier alpha value is -2.80. The summed E-state index contributed by atoms with van der Waals surface area (Å²) in [5, 5.41) is 72.1. The first kappa shape index (κ1) is 63.3. The van der Waals surface area contributed by atoms with Crippen LogP contribution < -0.4 is 0 Å². The number of carbonyl (C=O) groups is 2. The van der Waals surface area contributed by atoms with Crippen LogP contribution in [0, 0.1) is 0 Å². The smallest absolute Gasteiger partial charge is 0.306 e. The molecule has 0 amide bonds. The SMILES string of the molecule is CC/C=C/C/C=C/C/C=C/C/C=C/C/C=C/CCCC(=O)O[C@@H](COC(=O)CCCCCCCCCCCCCCCCCCC)CO[C@@H]1O[C@H](CO[C@@H]2O[C@H](CO)[C@H](O)C(O)C2O)[C@H](O)C(O)C1O. The number of aliphatic hydroxyl groups excluding tert-OH is 7. The number of hydrogen-bond donors (Lipinski definition) is 7. The fourth-order valence-electron chi connectivity index (χ4n) is 8.13. The van der Waals surface area contributed by atoms with Gasteiger partial charge in [-0.3, -0.25) is 9.59 Å². The Morgan fingerprint density at radius 2 is 0.900 bits per heavy atom. The van der Waals surface area contributed by atoms with Gasteiger partial charge in [0.15, 0.2) is 18.7 Å². The summed E-state index contributed by atoms with van der Waals surface area (Å²) >= 11 is 0. The van der Waals surface area contributed by atoms with Crippen molar-refractivity contribution in [3.05, 3.63) is 60.8 Å². The molecule has 0 saturated carbocycles. The van der Waals surface area contributed by atoms with E-state index in [1.807, 2.05) is 12.2 Å². The van der Waals surface area contributed by atoms with Gasteiger partial charge in [-0.05, 0) is 51.4 Å².